The fraction of sp³-hybridized carbons (Fsp3) is 0.632. The van der Waals surface area contributed by atoms with Gasteiger partial charge in [-0.25, -0.2) is 0 Å². The number of benzene rings is 1. The van der Waals surface area contributed by atoms with Crippen molar-refractivity contribution in [3.05, 3.63) is 23.8 Å². The second-order valence-electron chi connectivity index (χ2n) is 8.12. The SMILES string of the molecule is CC1(C)CC(NC(=O)C(C2CC2)C2CC2)c2cc(N)ccc2O1. The number of anilines is 1. The van der Waals surface area contributed by atoms with Gasteiger partial charge in [-0.05, 0) is 69.6 Å². The van der Waals surface area contributed by atoms with E-state index in [-0.39, 0.29) is 23.5 Å². The quantitative estimate of drug-likeness (QED) is 0.837. The molecule has 1 aromatic rings. The van der Waals surface area contributed by atoms with E-state index in [1.54, 1.807) is 0 Å². The summed E-state index contributed by atoms with van der Waals surface area (Å²) in [6.07, 6.45) is 5.65. The average Bonchev–Trinajstić information content (AvgIpc) is 3.33. The first kappa shape index (κ1) is 14.9. The van der Waals surface area contributed by atoms with Crippen LogP contribution in [-0.2, 0) is 4.79 Å². The summed E-state index contributed by atoms with van der Waals surface area (Å²) in [6, 6.07) is 5.71. The third-order valence-corrected chi connectivity index (χ3v) is 5.37. The van der Waals surface area contributed by atoms with Gasteiger partial charge in [-0.1, -0.05) is 0 Å². The topological polar surface area (TPSA) is 64.4 Å². The van der Waals surface area contributed by atoms with Crippen LogP contribution in [0.2, 0.25) is 0 Å². The molecule has 3 N–H and O–H groups in total. The molecular formula is C19H26N2O2. The van der Waals surface area contributed by atoms with Gasteiger partial charge in [0, 0.05) is 23.6 Å². The van der Waals surface area contributed by atoms with Gasteiger partial charge in [0.1, 0.15) is 11.4 Å². The number of hydrogen-bond acceptors (Lipinski definition) is 3. The molecule has 1 aliphatic heterocycles. The Morgan fingerprint density at radius 3 is 2.52 bits per heavy atom. The number of nitrogen functional groups attached to an aromatic ring is 1. The molecule has 23 heavy (non-hydrogen) atoms. The number of carbonyl (C=O) groups excluding carboxylic acids is 1. The first-order valence-corrected chi connectivity index (χ1v) is 8.82. The normalized spacial score (nSPS) is 25.6. The van der Waals surface area contributed by atoms with Gasteiger partial charge in [0.25, 0.3) is 0 Å². The zero-order valence-electron chi connectivity index (χ0n) is 14.0. The van der Waals surface area contributed by atoms with Gasteiger partial charge >= 0.3 is 0 Å². The van der Waals surface area contributed by atoms with Crippen molar-refractivity contribution < 1.29 is 9.53 Å². The summed E-state index contributed by atoms with van der Waals surface area (Å²) in [4.78, 5) is 12.9. The van der Waals surface area contributed by atoms with Crippen LogP contribution in [0.15, 0.2) is 18.2 Å². The Morgan fingerprint density at radius 1 is 1.26 bits per heavy atom. The van der Waals surface area contributed by atoms with Crippen molar-refractivity contribution >= 4 is 11.6 Å². The van der Waals surface area contributed by atoms with Crippen molar-refractivity contribution in [2.24, 2.45) is 17.8 Å². The lowest BCUT2D eigenvalue weighted by atomic mass is 9.88. The summed E-state index contributed by atoms with van der Waals surface area (Å²) >= 11 is 0. The highest BCUT2D eigenvalue weighted by atomic mass is 16.5. The minimum absolute atomic E-state index is 0.00949. The van der Waals surface area contributed by atoms with Gasteiger partial charge in [0.15, 0.2) is 0 Å². The van der Waals surface area contributed by atoms with Crippen molar-refractivity contribution in [2.75, 3.05) is 5.73 Å². The number of hydrogen-bond donors (Lipinski definition) is 2. The fourth-order valence-corrected chi connectivity index (χ4v) is 3.99. The Morgan fingerprint density at radius 2 is 1.91 bits per heavy atom. The zero-order valence-corrected chi connectivity index (χ0v) is 14.0. The van der Waals surface area contributed by atoms with Gasteiger partial charge in [0.2, 0.25) is 5.91 Å². The summed E-state index contributed by atoms with van der Waals surface area (Å²) in [5.41, 5.74) is 7.40. The molecule has 0 radical (unpaired) electrons. The Bertz CT molecular complexity index is 620. The standard InChI is InChI=1S/C19H26N2O2/c1-19(2)10-15(14-9-13(20)7-8-16(14)23-19)21-18(22)17(11-3-4-11)12-5-6-12/h7-9,11-12,15,17H,3-6,10,20H2,1-2H3,(H,21,22). The maximum absolute atomic E-state index is 12.9. The molecule has 1 amide bonds. The van der Waals surface area contributed by atoms with Crippen molar-refractivity contribution in [3.63, 3.8) is 0 Å². The Balaban J connectivity index is 1.58. The predicted octanol–water partition coefficient (Wildman–Crippen LogP) is 3.42. The van der Waals surface area contributed by atoms with Crippen LogP contribution in [-0.4, -0.2) is 11.5 Å². The molecule has 1 unspecified atom stereocenters. The van der Waals surface area contributed by atoms with E-state index in [9.17, 15) is 4.79 Å². The van der Waals surface area contributed by atoms with Crippen LogP contribution in [0.5, 0.6) is 5.75 Å². The predicted molar refractivity (Wildman–Crippen MR) is 90.0 cm³/mol. The van der Waals surface area contributed by atoms with Crippen LogP contribution in [0, 0.1) is 17.8 Å². The van der Waals surface area contributed by atoms with Gasteiger partial charge in [0.05, 0.1) is 6.04 Å². The van der Waals surface area contributed by atoms with Gasteiger partial charge in [-0.2, -0.15) is 0 Å². The Hall–Kier alpha value is -1.71. The molecule has 0 spiro atoms. The summed E-state index contributed by atoms with van der Waals surface area (Å²) in [6.45, 7) is 4.15. The Labute approximate surface area is 137 Å². The molecule has 1 atom stereocenters. The molecule has 4 nitrogen and oxygen atoms in total. The minimum Gasteiger partial charge on any atom is -0.487 e. The molecule has 4 rings (SSSR count). The molecule has 2 saturated carbocycles. The summed E-state index contributed by atoms with van der Waals surface area (Å²) in [5, 5.41) is 3.33. The van der Waals surface area contributed by atoms with Crippen LogP contribution in [0.4, 0.5) is 5.69 Å². The number of amides is 1. The Kier molecular flexibility index (Phi) is 3.33. The number of ether oxygens (including phenoxy) is 1. The van der Waals surface area contributed by atoms with E-state index >= 15 is 0 Å². The van der Waals surface area contributed by atoms with Crippen LogP contribution >= 0.6 is 0 Å². The van der Waals surface area contributed by atoms with E-state index in [0.717, 1.165) is 17.7 Å². The smallest absolute Gasteiger partial charge is 0.224 e. The van der Waals surface area contributed by atoms with Crippen molar-refractivity contribution in [2.45, 2.75) is 57.6 Å². The molecule has 0 aromatic heterocycles. The number of carbonyl (C=O) groups is 1. The summed E-state index contributed by atoms with van der Waals surface area (Å²) < 4.78 is 6.06. The fourth-order valence-electron chi connectivity index (χ4n) is 3.99. The average molecular weight is 314 g/mol. The highest BCUT2D eigenvalue weighted by Crippen LogP contribution is 2.50. The van der Waals surface area contributed by atoms with E-state index in [4.69, 9.17) is 10.5 Å². The second kappa shape index (κ2) is 5.15. The lowest BCUT2D eigenvalue weighted by Crippen LogP contribution is -2.43. The third kappa shape index (κ3) is 3.04. The minimum atomic E-state index is -0.282. The van der Waals surface area contributed by atoms with Gasteiger partial charge in [-0.15, -0.1) is 0 Å². The number of nitrogens with two attached hydrogens (primary N) is 1. The molecule has 2 fully saturated rings. The molecule has 2 aliphatic carbocycles. The number of nitrogens with one attached hydrogen (secondary N) is 1. The first-order chi connectivity index (χ1) is 10.9. The van der Waals surface area contributed by atoms with Crippen molar-refractivity contribution in [3.8, 4) is 5.75 Å². The van der Waals surface area contributed by atoms with E-state index < -0.39 is 0 Å². The lowest BCUT2D eigenvalue weighted by molar-refractivity contribution is -0.127. The van der Waals surface area contributed by atoms with Gasteiger partial charge < -0.3 is 15.8 Å². The molecule has 0 saturated heterocycles. The van der Waals surface area contributed by atoms with Crippen molar-refractivity contribution in [1.29, 1.82) is 0 Å². The highest BCUT2D eigenvalue weighted by Gasteiger charge is 2.46. The number of fused-ring (bicyclic) bond motifs is 1. The zero-order chi connectivity index (χ0) is 16.2. The van der Waals surface area contributed by atoms with E-state index in [0.29, 0.717) is 17.5 Å². The third-order valence-electron chi connectivity index (χ3n) is 5.37. The van der Waals surface area contributed by atoms with Gasteiger partial charge in [-0.3, -0.25) is 4.79 Å². The number of rotatable bonds is 4. The lowest BCUT2D eigenvalue weighted by Gasteiger charge is -2.38. The van der Waals surface area contributed by atoms with E-state index in [1.165, 1.54) is 25.7 Å². The van der Waals surface area contributed by atoms with Crippen LogP contribution in [0.25, 0.3) is 0 Å². The van der Waals surface area contributed by atoms with Crippen LogP contribution < -0.4 is 15.8 Å². The summed E-state index contributed by atoms with van der Waals surface area (Å²) in [5.74, 6) is 2.55. The van der Waals surface area contributed by atoms with E-state index in [2.05, 4.69) is 19.2 Å². The maximum Gasteiger partial charge on any atom is 0.224 e. The largest absolute Gasteiger partial charge is 0.487 e. The second-order valence-corrected chi connectivity index (χ2v) is 8.12. The van der Waals surface area contributed by atoms with Crippen LogP contribution in [0.3, 0.4) is 0 Å². The molecule has 1 heterocycles. The molecule has 124 valence electrons. The van der Waals surface area contributed by atoms with Crippen molar-refractivity contribution in [1.82, 2.24) is 5.32 Å². The molecule has 0 bridgehead atoms. The van der Waals surface area contributed by atoms with Crippen LogP contribution in [0.1, 0.15) is 57.6 Å². The maximum atomic E-state index is 12.9. The monoisotopic (exact) mass is 314 g/mol. The molecule has 3 aliphatic rings. The highest BCUT2D eigenvalue weighted by molar-refractivity contribution is 5.80. The molecule has 1 aromatic carbocycles. The summed E-state index contributed by atoms with van der Waals surface area (Å²) in [7, 11) is 0. The molecular weight excluding hydrogens is 288 g/mol. The van der Waals surface area contributed by atoms with E-state index in [1.807, 2.05) is 18.2 Å². The first-order valence-electron chi connectivity index (χ1n) is 8.82. The molecule has 4 heteroatoms.